The van der Waals surface area contributed by atoms with Crippen LogP contribution in [0, 0.1) is 5.41 Å². The van der Waals surface area contributed by atoms with Gasteiger partial charge in [0.1, 0.15) is 6.33 Å². The predicted octanol–water partition coefficient (Wildman–Crippen LogP) is 2.78. The molecule has 2 heterocycles. The summed E-state index contributed by atoms with van der Waals surface area (Å²) in [5, 5.41) is 15.8. The van der Waals surface area contributed by atoms with Crippen LogP contribution in [0.15, 0.2) is 42.9 Å². The van der Waals surface area contributed by atoms with E-state index >= 15 is 0 Å². The molecule has 0 aliphatic heterocycles. The molecule has 0 spiro atoms. The van der Waals surface area contributed by atoms with Crippen LogP contribution in [-0.4, -0.2) is 37.2 Å². The second-order valence-corrected chi connectivity index (χ2v) is 7.66. The minimum Gasteiger partial charge on any atom is -0.354 e. The fraction of sp³-hybridized carbons (Fsp3) is 0.500. The molecule has 1 fully saturated rings. The van der Waals surface area contributed by atoms with Crippen LogP contribution in [0.2, 0.25) is 0 Å². The summed E-state index contributed by atoms with van der Waals surface area (Å²) in [6.45, 7) is 2.13. The lowest BCUT2D eigenvalue weighted by atomic mass is 9.71. The van der Waals surface area contributed by atoms with Crippen LogP contribution in [-0.2, 0) is 17.9 Å². The number of carbonyl (C=O) groups is 1. The lowest BCUT2D eigenvalue weighted by Gasteiger charge is -2.36. The standard InChI is InChI=1S/C20H26N6O/c27-19(21-11-13-25-12-8-17-6-2-3-7-18(17)25)14-20(9-4-1-5-10-20)15-26-16-22-23-24-26/h2-3,6-8,12,16H,1,4-5,9-11,13-15H2,(H,21,27). The molecule has 3 aromatic rings. The first-order valence-electron chi connectivity index (χ1n) is 9.76. The molecule has 0 saturated heterocycles. The molecule has 1 amide bonds. The molecule has 0 atom stereocenters. The summed E-state index contributed by atoms with van der Waals surface area (Å²) < 4.78 is 3.96. The van der Waals surface area contributed by atoms with Crippen molar-refractivity contribution in [2.75, 3.05) is 6.54 Å². The van der Waals surface area contributed by atoms with Gasteiger partial charge in [-0.2, -0.15) is 0 Å². The molecule has 0 unspecified atom stereocenters. The number of hydrogen-bond donors (Lipinski definition) is 1. The van der Waals surface area contributed by atoms with Crippen LogP contribution in [0.3, 0.4) is 0 Å². The van der Waals surface area contributed by atoms with E-state index in [2.05, 4.69) is 49.8 Å². The molecular weight excluding hydrogens is 340 g/mol. The van der Waals surface area contributed by atoms with Crippen molar-refractivity contribution in [2.24, 2.45) is 5.41 Å². The topological polar surface area (TPSA) is 77.6 Å². The van der Waals surface area contributed by atoms with Gasteiger partial charge >= 0.3 is 0 Å². The Bertz CT molecular complexity index is 879. The van der Waals surface area contributed by atoms with E-state index in [9.17, 15) is 4.79 Å². The molecule has 1 saturated carbocycles. The van der Waals surface area contributed by atoms with Gasteiger partial charge in [0.25, 0.3) is 0 Å². The predicted molar refractivity (Wildman–Crippen MR) is 103 cm³/mol. The average molecular weight is 366 g/mol. The Morgan fingerprint density at radius 3 is 2.81 bits per heavy atom. The lowest BCUT2D eigenvalue weighted by Crippen LogP contribution is -2.37. The van der Waals surface area contributed by atoms with Crippen molar-refractivity contribution in [1.29, 1.82) is 0 Å². The summed E-state index contributed by atoms with van der Waals surface area (Å²) in [6, 6.07) is 10.4. The summed E-state index contributed by atoms with van der Waals surface area (Å²) >= 11 is 0. The summed E-state index contributed by atoms with van der Waals surface area (Å²) in [6.07, 6.45) is 9.97. The van der Waals surface area contributed by atoms with Crippen LogP contribution in [0.4, 0.5) is 0 Å². The van der Waals surface area contributed by atoms with Gasteiger partial charge in [-0.25, -0.2) is 4.68 Å². The van der Waals surface area contributed by atoms with Crippen molar-refractivity contribution in [1.82, 2.24) is 30.1 Å². The summed E-state index contributed by atoms with van der Waals surface area (Å²) in [5.41, 5.74) is 1.17. The maximum Gasteiger partial charge on any atom is 0.220 e. The number of carbonyl (C=O) groups excluding carboxylic acids is 1. The highest BCUT2D eigenvalue weighted by atomic mass is 16.1. The van der Waals surface area contributed by atoms with E-state index in [4.69, 9.17) is 0 Å². The molecule has 0 radical (unpaired) electrons. The number of fused-ring (bicyclic) bond motifs is 1. The second kappa shape index (κ2) is 7.90. The Morgan fingerprint density at radius 2 is 2.00 bits per heavy atom. The third-order valence-corrected chi connectivity index (χ3v) is 5.69. The molecule has 7 nitrogen and oxygen atoms in total. The van der Waals surface area contributed by atoms with Gasteiger partial charge in [-0.3, -0.25) is 4.79 Å². The maximum absolute atomic E-state index is 12.7. The quantitative estimate of drug-likeness (QED) is 0.697. The number of benzene rings is 1. The molecule has 1 N–H and O–H groups in total. The number of para-hydroxylation sites is 1. The second-order valence-electron chi connectivity index (χ2n) is 7.66. The lowest BCUT2D eigenvalue weighted by molar-refractivity contribution is -0.124. The number of nitrogens with one attached hydrogen (secondary N) is 1. The molecule has 4 rings (SSSR count). The van der Waals surface area contributed by atoms with Crippen molar-refractivity contribution in [3.05, 3.63) is 42.9 Å². The van der Waals surface area contributed by atoms with Crippen LogP contribution >= 0.6 is 0 Å². The minimum atomic E-state index is -0.0299. The summed E-state index contributed by atoms with van der Waals surface area (Å²) in [7, 11) is 0. The Balaban J connectivity index is 1.34. The van der Waals surface area contributed by atoms with Gasteiger partial charge in [0.2, 0.25) is 5.91 Å². The fourth-order valence-corrected chi connectivity index (χ4v) is 4.34. The number of aromatic nitrogens is 5. The number of nitrogens with zero attached hydrogens (tertiary/aromatic N) is 5. The molecule has 1 aromatic carbocycles. The SMILES string of the molecule is O=C(CC1(Cn2cnnn2)CCCCC1)NCCn1ccc2ccccc21. The van der Waals surface area contributed by atoms with Crippen LogP contribution in [0.5, 0.6) is 0 Å². The average Bonchev–Trinajstić information content (AvgIpc) is 3.32. The zero-order valence-electron chi connectivity index (χ0n) is 15.5. The number of amides is 1. The summed E-state index contributed by atoms with van der Waals surface area (Å²) in [5.74, 6) is 0.126. The third-order valence-electron chi connectivity index (χ3n) is 5.69. The third kappa shape index (κ3) is 4.18. The molecule has 2 aromatic heterocycles. The van der Waals surface area contributed by atoms with E-state index in [-0.39, 0.29) is 11.3 Å². The van der Waals surface area contributed by atoms with Gasteiger partial charge < -0.3 is 9.88 Å². The highest BCUT2D eigenvalue weighted by Crippen LogP contribution is 2.40. The Morgan fingerprint density at radius 1 is 1.15 bits per heavy atom. The number of hydrogen-bond acceptors (Lipinski definition) is 4. The van der Waals surface area contributed by atoms with Gasteiger partial charge in [0.15, 0.2) is 0 Å². The zero-order chi connectivity index (χ0) is 18.5. The van der Waals surface area contributed by atoms with Gasteiger partial charge in [0, 0.05) is 31.2 Å². The zero-order valence-corrected chi connectivity index (χ0v) is 15.5. The van der Waals surface area contributed by atoms with E-state index in [1.54, 1.807) is 11.0 Å². The van der Waals surface area contributed by atoms with E-state index in [0.717, 1.165) is 25.9 Å². The van der Waals surface area contributed by atoms with Crippen LogP contribution < -0.4 is 5.32 Å². The maximum atomic E-state index is 12.7. The van der Waals surface area contributed by atoms with Crippen molar-refractivity contribution in [3.8, 4) is 0 Å². The molecule has 1 aliphatic rings. The smallest absolute Gasteiger partial charge is 0.220 e. The van der Waals surface area contributed by atoms with E-state index < -0.39 is 0 Å². The Labute approximate surface area is 158 Å². The first-order valence-corrected chi connectivity index (χ1v) is 9.76. The van der Waals surface area contributed by atoms with Crippen molar-refractivity contribution >= 4 is 16.8 Å². The monoisotopic (exact) mass is 366 g/mol. The number of tetrazole rings is 1. The van der Waals surface area contributed by atoms with E-state index in [1.807, 2.05) is 12.1 Å². The van der Waals surface area contributed by atoms with Gasteiger partial charge in [-0.15, -0.1) is 5.10 Å². The van der Waals surface area contributed by atoms with Crippen molar-refractivity contribution in [2.45, 2.75) is 51.6 Å². The molecular formula is C20H26N6O. The summed E-state index contributed by atoms with van der Waals surface area (Å²) in [4.78, 5) is 12.7. The Kier molecular flexibility index (Phi) is 5.18. The normalized spacial score (nSPS) is 16.4. The molecule has 1 aliphatic carbocycles. The van der Waals surface area contributed by atoms with Crippen molar-refractivity contribution in [3.63, 3.8) is 0 Å². The minimum absolute atomic E-state index is 0.0299. The Hall–Kier alpha value is -2.70. The first kappa shape index (κ1) is 17.7. The van der Waals surface area contributed by atoms with E-state index in [1.165, 1.54) is 30.2 Å². The first-order chi connectivity index (χ1) is 13.2. The van der Waals surface area contributed by atoms with Gasteiger partial charge in [-0.1, -0.05) is 37.5 Å². The van der Waals surface area contributed by atoms with Crippen molar-refractivity contribution < 1.29 is 4.79 Å². The highest BCUT2D eigenvalue weighted by Gasteiger charge is 2.35. The molecule has 7 heteroatoms. The van der Waals surface area contributed by atoms with Crippen LogP contribution in [0.25, 0.3) is 10.9 Å². The van der Waals surface area contributed by atoms with E-state index in [0.29, 0.717) is 13.0 Å². The molecule has 27 heavy (non-hydrogen) atoms. The molecule has 0 bridgehead atoms. The fourth-order valence-electron chi connectivity index (χ4n) is 4.34. The number of rotatable bonds is 7. The molecule has 142 valence electrons. The highest BCUT2D eigenvalue weighted by molar-refractivity contribution is 5.80. The van der Waals surface area contributed by atoms with Crippen LogP contribution in [0.1, 0.15) is 38.5 Å². The largest absolute Gasteiger partial charge is 0.354 e. The van der Waals surface area contributed by atoms with Gasteiger partial charge in [0.05, 0.1) is 6.54 Å². The van der Waals surface area contributed by atoms with Gasteiger partial charge in [-0.05, 0) is 46.2 Å².